The van der Waals surface area contributed by atoms with Gasteiger partial charge >= 0.3 is 17.9 Å². The first-order valence-electron chi connectivity index (χ1n) is 22.4. The number of carbonyl (C=O) groups excluding carboxylic acids is 3. The van der Waals surface area contributed by atoms with Crippen LogP contribution in [0.2, 0.25) is 0 Å². The van der Waals surface area contributed by atoms with Crippen LogP contribution in [-0.2, 0) is 28.6 Å². The van der Waals surface area contributed by atoms with Crippen LogP contribution in [0.15, 0.2) is 0 Å². The third-order valence-electron chi connectivity index (χ3n) is 10.0. The molecule has 0 fully saturated rings. The maximum atomic E-state index is 12.7. The van der Waals surface area contributed by atoms with E-state index in [1.54, 1.807) is 0 Å². The Morgan fingerprint density at radius 2 is 0.647 bits per heavy atom. The zero-order chi connectivity index (χ0) is 37.5. The van der Waals surface area contributed by atoms with Gasteiger partial charge < -0.3 is 14.2 Å². The average Bonchev–Trinajstić information content (AvgIpc) is 3.11. The molecule has 0 aromatic rings. The van der Waals surface area contributed by atoms with Crippen molar-refractivity contribution in [3.63, 3.8) is 0 Å². The molecule has 0 saturated carbocycles. The minimum Gasteiger partial charge on any atom is -0.462 e. The van der Waals surface area contributed by atoms with Gasteiger partial charge in [-0.15, -0.1) is 0 Å². The van der Waals surface area contributed by atoms with Crippen LogP contribution in [0, 0.1) is 5.92 Å². The molecule has 0 aromatic heterocycles. The predicted molar refractivity (Wildman–Crippen MR) is 215 cm³/mol. The highest BCUT2D eigenvalue weighted by Crippen LogP contribution is 2.16. The summed E-state index contributed by atoms with van der Waals surface area (Å²) in [6.45, 7) is 8.91. The van der Waals surface area contributed by atoms with Gasteiger partial charge in [0.2, 0.25) is 0 Å². The van der Waals surface area contributed by atoms with Crippen LogP contribution in [0.1, 0.15) is 246 Å². The Kier molecular flexibility index (Phi) is 38.4. The fourth-order valence-electron chi connectivity index (χ4n) is 6.63. The van der Waals surface area contributed by atoms with Crippen LogP contribution >= 0.6 is 0 Å². The first-order valence-corrected chi connectivity index (χ1v) is 22.4. The second-order valence-electron chi connectivity index (χ2n) is 15.8. The molecule has 6 heteroatoms. The van der Waals surface area contributed by atoms with Gasteiger partial charge in [-0.2, -0.15) is 0 Å². The van der Waals surface area contributed by atoms with Crippen LogP contribution in [0.3, 0.4) is 0 Å². The first kappa shape index (κ1) is 49.4. The monoisotopic (exact) mass is 723 g/mol. The Morgan fingerprint density at radius 1 is 0.373 bits per heavy atom. The maximum absolute atomic E-state index is 12.7. The largest absolute Gasteiger partial charge is 0.462 e. The van der Waals surface area contributed by atoms with Crippen molar-refractivity contribution in [3.8, 4) is 0 Å². The number of unbranched alkanes of at least 4 members (excludes halogenated alkanes) is 27. The van der Waals surface area contributed by atoms with E-state index in [0.717, 1.165) is 70.1 Å². The van der Waals surface area contributed by atoms with Crippen molar-refractivity contribution in [1.29, 1.82) is 0 Å². The molecular weight excluding hydrogens is 636 g/mol. The molecule has 0 aromatic carbocycles. The Bertz CT molecular complexity index is 766. The van der Waals surface area contributed by atoms with Crippen molar-refractivity contribution < 1.29 is 28.6 Å². The molecule has 302 valence electrons. The molecule has 6 nitrogen and oxygen atoms in total. The molecule has 51 heavy (non-hydrogen) atoms. The highest BCUT2D eigenvalue weighted by Gasteiger charge is 2.19. The van der Waals surface area contributed by atoms with Crippen molar-refractivity contribution in [2.75, 3.05) is 13.2 Å². The molecule has 0 N–H and O–H groups in total. The van der Waals surface area contributed by atoms with Crippen LogP contribution in [-0.4, -0.2) is 37.2 Å². The molecule has 0 aliphatic carbocycles. The van der Waals surface area contributed by atoms with Gasteiger partial charge in [-0.05, 0) is 25.2 Å². The topological polar surface area (TPSA) is 78.9 Å². The van der Waals surface area contributed by atoms with E-state index in [9.17, 15) is 14.4 Å². The van der Waals surface area contributed by atoms with Gasteiger partial charge in [-0.25, -0.2) is 0 Å². The third kappa shape index (κ3) is 39.5. The zero-order valence-electron chi connectivity index (χ0n) is 34.6. The summed E-state index contributed by atoms with van der Waals surface area (Å²) in [4.78, 5) is 37.4. The molecule has 0 rings (SSSR count). The van der Waals surface area contributed by atoms with Gasteiger partial charge in [0.25, 0.3) is 0 Å². The van der Waals surface area contributed by atoms with Crippen molar-refractivity contribution in [3.05, 3.63) is 0 Å². The summed E-state index contributed by atoms with van der Waals surface area (Å²) in [5.41, 5.74) is 0. The predicted octanol–water partition coefficient (Wildman–Crippen LogP) is 13.9. The maximum Gasteiger partial charge on any atom is 0.306 e. The molecule has 0 radical (unpaired) electrons. The number of carbonyl (C=O) groups is 3. The summed E-state index contributed by atoms with van der Waals surface area (Å²) < 4.78 is 16.6. The summed E-state index contributed by atoms with van der Waals surface area (Å²) in [7, 11) is 0. The van der Waals surface area contributed by atoms with Crippen LogP contribution < -0.4 is 0 Å². The minimum absolute atomic E-state index is 0.0648. The van der Waals surface area contributed by atoms with Gasteiger partial charge in [-0.3, -0.25) is 14.4 Å². The smallest absolute Gasteiger partial charge is 0.306 e. The van der Waals surface area contributed by atoms with Gasteiger partial charge in [0, 0.05) is 19.3 Å². The SMILES string of the molecule is CCCCCCCCCCCCCCCCC(=O)OC[C@@H](COC(=O)CCCCCCC)OC(=O)CCCCCCCCCCCCCC(C)C. The van der Waals surface area contributed by atoms with E-state index >= 15 is 0 Å². The Hall–Kier alpha value is -1.59. The number of rotatable bonds is 40. The summed E-state index contributed by atoms with van der Waals surface area (Å²) in [5.74, 6) is -0.0438. The van der Waals surface area contributed by atoms with E-state index in [4.69, 9.17) is 14.2 Å². The van der Waals surface area contributed by atoms with Crippen molar-refractivity contribution >= 4 is 17.9 Å². The van der Waals surface area contributed by atoms with Gasteiger partial charge in [0.15, 0.2) is 6.10 Å². The molecular formula is C45H86O6. The van der Waals surface area contributed by atoms with Crippen LogP contribution in [0.4, 0.5) is 0 Å². The lowest BCUT2D eigenvalue weighted by Gasteiger charge is -2.18. The van der Waals surface area contributed by atoms with Gasteiger partial charge in [0.1, 0.15) is 13.2 Å². The first-order chi connectivity index (χ1) is 24.9. The van der Waals surface area contributed by atoms with Crippen molar-refractivity contribution in [2.24, 2.45) is 5.92 Å². The molecule has 0 amide bonds. The Labute approximate surface area is 317 Å². The molecule has 0 heterocycles. The lowest BCUT2D eigenvalue weighted by molar-refractivity contribution is -0.167. The van der Waals surface area contributed by atoms with Crippen LogP contribution in [0.25, 0.3) is 0 Å². The molecule has 0 bridgehead atoms. The second kappa shape index (κ2) is 39.6. The summed E-state index contributed by atoms with van der Waals surface area (Å²) >= 11 is 0. The van der Waals surface area contributed by atoms with Crippen molar-refractivity contribution in [1.82, 2.24) is 0 Å². The van der Waals surface area contributed by atoms with E-state index < -0.39 is 6.10 Å². The fourth-order valence-corrected chi connectivity index (χ4v) is 6.63. The summed E-state index contributed by atoms with van der Waals surface area (Å²) in [6, 6.07) is 0. The van der Waals surface area contributed by atoms with Crippen molar-refractivity contribution in [2.45, 2.75) is 252 Å². The van der Waals surface area contributed by atoms with E-state index in [0.29, 0.717) is 19.3 Å². The normalized spacial score (nSPS) is 11.9. The number of hydrogen-bond acceptors (Lipinski definition) is 6. The van der Waals surface area contributed by atoms with Crippen LogP contribution in [0.5, 0.6) is 0 Å². The number of ether oxygens (including phenoxy) is 3. The number of esters is 3. The Morgan fingerprint density at radius 3 is 0.961 bits per heavy atom. The fraction of sp³-hybridized carbons (Fsp3) is 0.933. The molecule has 0 aliphatic heterocycles. The minimum atomic E-state index is -0.757. The zero-order valence-corrected chi connectivity index (χ0v) is 34.6. The summed E-state index contributed by atoms with van der Waals surface area (Å²) in [6.07, 6.45) is 38.3. The molecule has 0 aliphatic rings. The standard InChI is InChI=1S/C45H86O6/c1-5-7-9-11-12-13-14-15-16-19-22-25-29-33-37-44(47)50-40-42(39-49-43(46)36-32-27-10-8-6-2)51-45(48)38-34-30-26-23-20-17-18-21-24-28-31-35-41(3)4/h41-42H,5-40H2,1-4H3/t42-/m1/s1. The highest BCUT2D eigenvalue weighted by molar-refractivity contribution is 5.71. The van der Waals surface area contributed by atoms with E-state index in [2.05, 4.69) is 27.7 Å². The quantitative estimate of drug-likeness (QED) is 0.0356. The molecule has 0 saturated heterocycles. The average molecular weight is 723 g/mol. The molecule has 0 spiro atoms. The lowest BCUT2D eigenvalue weighted by Crippen LogP contribution is -2.30. The van der Waals surface area contributed by atoms with Gasteiger partial charge in [0.05, 0.1) is 0 Å². The Balaban J connectivity index is 4.19. The second-order valence-corrected chi connectivity index (χ2v) is 15.8. The number of hydrogen-bond donors (Lipinski definition) is 0. The molecule has 1 atom stereocenters. The van der Waals surface area contributed by atoms with E-state index in [-0.39, 0.29) is 31.1 Å². The summed E-state index contributed by atoms with van der Waals surface area (Å²) in [5, 5.41) is 0. The van der Waals surface area contributed by atoms with E-state index in [1.807, 2.05) is 0 Å². The highest BCUT2D eigenvalue weighted by atomic mass is 16.6. The third-order valence-corrected chi connectivity index (χ3v) is 10.0. The molecule has 0 unspecified atom stereocenters. The van der Waals surface area contributed by atoms with E-state index in [1.165, 1.54) is 135 Å². The lowest BCUT2D eigenvalue weighted by atomic mass is 10.0. The van der Waals surface area contributed by atoms with Gasteiger partial charge in [-0.1, -0.05) is 207 Å².